The maximum Gasteiger partial charge on any atom is 0.266 e. The first-order valence-corrected chi connectivity index (χ1v) is 11.2. The van der Waals surface area contributed by atoms with Gasteiger partial charge in [0.2, 0.25) is 12.7 Å². The van der Waals surface area contributed by atoms with E-state index in [0.717, 1.165) is 22.4 Å². The summed E-state index contributed by atoms with van der Waals surface area (Å²) in [4.78, 5) is 27.2. The molecule has 0 radical (unpaired) electrons. The molecule has 2 aliphatic rings. The molecule has 31 heavy (non-hydrogen) atoms. The number of hydrogen-bond acceptors (Lipinski definition) is 6. The molecule has 0 saturated carbocycles. The highest BCUT2D eigenvalue weighted by molar-refractivity contribution is 8.26. The number of thioether (sulfide) groups is 1. The summed E-state index contributed by atoms with van der Waals surface area (Å²) >= 11 is 6.66. The van der Waals surface area contributed by atoms with E-state index in [1.807, 2.05) is 50.2 Å². The van der Waals surface area contributed by atoms with Gasteiger partial charge in [-0.3, -0.25) is 14.5 Å². The molecule has 0 bridgehead atoms. The molecule has 1 saturated heterocycles. The number of amides is 2. The van der Waals surface area contributed by atoms with Crippen molar-refractivity contribution in [1.29, 1.82) is 0 Å². The van der Waals surface area contributed by atoms with Gasteiger partial charge >= 0.3 is 0 Å². The number of nitrogens with zero attached hydrogens (tertiary/aromatic N) is 1. The smallest absolute Gasteiger partial charge is 0.266 e. The van der Waals surface area contributed by atoms with Gasteiger partial charge in [0.1, 0.15) is 4.32 Å². The number of ether oxygens (including phenoxy) is 2. The van der Waals surface area contributed by atoms with Crippen molar-refractivity contribution in [2.75, 3.05) is 18.7 Å². The molecule has 2 aromatic rings. The number of anilines is 1. The van der Waals surface area contributed by atoms with Crippen molar-refractivity contribution >= 4 is 51.9 Å². The molecule has 1 N–H and O–H groups in total. The molecule has 0 spiro atoms. The minimum absolute atomic E-state index is 0.0757. The summed E-state index contributed by atoms with van der Waals surface area (Å²) in [6, 6.07) is 11.4. The van der Waals surface area contributed by atoms with Gasteiger partial charge in [-0.15, -0.1) is 0 Å². The lowest BCUT2D eigenvalue weighted by Crippen LogP contribution is -2.29. The number of nitrogens with one attached hydrogen (secondary N) is 1. The molecule has 160 valence electrons. The molecule has 4 rings (SSSR count). The van der Waals surface area contributed by atoms with E-state index in [9.17, 15) is 9.59 Å². The van der Waals surface area contributed by atoms with Crippen LogP contribution in [-0.4, -0.2) is 34.4 Å². The maximum atomic E-state index is 12.8. The van der Waals surface area contributed by atoms with E-state index in [1.54, 1.807) is 11.0 Å². The lowest BCUT2D eigenvalue weighted by atomic mass is 10.1. The summed E-state index contributed by atoms with van der Waals surface area (Å²) in [7, 11) is 0. The Kier molecular flexibility index (Phi) is 6.29. The third kappa shape index (κ3) is 4.91. The van der Waals surface area contributed by atoms with E-state index in [1.165, 1.54) is 11.8 Å². The van der Waals surface area contributed by atoms with E-state index in [0.29, 0.717) is 40.1 Å². The van der Waals surface area contributed by atoms with Gasteiger partial charge in [-0.05, 0) is 55.7 Å². The highest BCUT2D eigenvalue weighted by Gasteiger charge is 2.31. The Labute approximate surface area is 190 Å². The number of thiocarbonyl (C=S) groups is 1. The number of rotatable bonds is 6. The first kappa shape index (κ1) is 21.4. The number of hydrogen-bond donors (Lipinski definition) is 1. The second-order valence-corrected chi connectivity index (χ2v) is 9.09. The Bertz CT molecular complexity index is 1100. The largest absolute Gasteiger partial charge is 0.454 e. The van der Waals surface area contributed by atoms with Crippen LogP contribution in [0.1, 0.15) is 29.5 Å². The van der Waals surface area contributed by atoms with Crippen LogP contribution in [0.3, 0.4) is 0 Å². The first-order chi connectivity index (χ1) is 14.9. The molecule has 0 atom stereocenters. The molecule has 0 unspecified atom stereocenters. The van der Waals surface area contributed by atoms with Crippen molar-refractivity contribution in [2.24, 2.45) is 0 Å². The van der Waals surface area contributed by atoms with Crippen molar-refractivity contribution in [3.8, 4) is 11.5 Å². The topological polar surface area (TPSA) is 67.9 Å². The SMILES string of the molecule is Cc1ccc(NC(=O)CCCN2C(=O)/C(=C\c3ccc4c(c3)OCO4)SC2=S)c(C)c1. The average molecular weight is 455 g/mol. The van der Waals surface area contributed by atoms with E-state index >= 15 is 0 Å². The van der Waals surface area contributed by atoms with Crippen molar-refractivity contribution in [2.45, 2.75) is 26.7 Å². The predicted octanol–water partition coefficient (Wildman–Crippen LogP) is 4.65. The van der Waals surface area contributed by atoms with Crippen LogP contribution < -0.4 is 14.8 Å². The van der Waals surface area contributed by atoms with Crippen LogP contribution >= 0.6 is 24.0 Å². The summed E-state index contributed by atoms with van der Waals surface area (Å²) < 4.78 is 11.2. The minimum atomic E-state index is -0.137. The molecule has 1 fully saturated rings. The third-order valence-corrected chi connectivity index (χ3v) is 6.39. The van der Waals surface area contributed by atoms with Gasteiger partial charge in [0.15, 0.2) is 11.5 Å². The van der Waals surface area contributed by atoms with Crippen LogP contribution in [0.4, 0.5) is 5.69 Å². The van der Waals surface area contributed by atoms with Gasteiger partial charge in [-0.2, -0.15) is 0 Å². The lowest BCUT2D eigenvalue weighted by Gasteiger charge is -2.14. The Balaban J connectivity index is 1.32. The minimum Gasteiger partial charge on any atom is -0.454 e. The van der Waals surface area contributed by atoms with Crippen LogP contribution in [0.2, 0.25) is 0 Å². The van der Waals surface area contributed by atoms with Gasteiger partial charge < -0.3 is 14.8 Å². The van der Waals surface area contributed by atoms with Crippen molar-refractivity contribution in [3.63, 3.8) is 0 Å². The molecule has 0 aromatic heterocycles. The zero-order valence-electron chi connectivity index (χ0n) is 17.3. The number of carbonyl (C=O) groups is 2. The van der Waals surface area contributed by atoms with Gasteiger partial charge in [-0.25, -0.2) is 0 Å². The zero-order chi connectivity index (χ0) is 22.0. The fourth-order valence-corrected chi connectivity index (χ4v) is 4.72. The number of carbonyl (C=O) groups excluding carboxylic acids is 2. The summed E-state index contributed by atoms with van der Waals surface area (Å²) in [5, 5.41) is 2.93. The second-order valence-electron chi connectivity index (χ2n) is 7.42. The monoisotopic (exact) mass is 454 g/mol. The van der Waals surface area contributed by atoms with Crippen molar-refractivity contribution < 1.29 is 19.1 Å². The quantitative estimate of drug-likeness (QED) is 0.506. The lowest BCUT2D eigenvalue weighted by molar-refractivity contribution is -0.122. The fraction of sp³-hybridized carbons (Fsp3) is 0.261. The third-order valence-electron chi connectivity index (χ3n) is 5.01. The molecule has 2 heterocycles. The van der Waals surface area contributed by atoms with Crippen LogP contribution in [0.15, 0.2) is 41.3 Å². The molecular formula is C23H22N2O4S2. The van der Waals surface area contributed by atoms with Gasteiger partial charge in [0.25, 0.3) is 5.91 Å². The number of fused-ring (bicyclic) bond motifs is 1. The molecule has 2 aliphatic heterocycles. The zero-order valence-corrected chi connectivity index (χ0v) is 18.9. The van der Waals surface area contributed by atoms with E-state index in [4.69, 9.17) is 21.7 Å². The highest BCUT2D eigenvalue weighted by Crippen LogP contribution is 2.36. The molecule has 6 nitrogen and oxygen atoms in total. The van der Waals surface area contributed by atoms with Gasteiger partial charge in [0, 0.05) is 18.7 Å². The maximum absolute atomic E-state index is 12.8. The average Bonchev–Trinajstić information content (AvgIpc) is 3.29. The van der Waals surface area contributed by atoms with Crippen LogP contribution in [-0.2, 0) is 9.59 Å². The Morgan fingerprint density at radius 3 is 2.81 bits per heavy atom. The molecule has 2 aromatic carbocycles. The molecule has 8 heteroatoms. The first-order valence-electron chi connectivity index (χ1n) is 9.93. The Morgan fingerprint density at radius 2 is 2.00 bits per heavy atom. The van der Waals surface area contributed by atoms with E-state index < -0.39 is 0 Å². The number of benzene rings is 2. The highest BCUT2D eigenvalue weighted by atomic mass is 32.2. The molecular weight excluding hydrogens is 432 g/mol. The summed E-state index contributed by atoms with van der Waals surface area (Å²) in [6.45, 7) is 4.60. The van der Waals surface area contributed by atoms with E-state index in [-0.39, 0.29) is 18.6 Å². The van der Waals surface area contributed by atoms with E-state index in [2.05, 4.69) is 5.32 Å². The molecule has 0 aliphatic carbocycles. The van der Waals surface area contributed by atoms with Crippen LogP contribution in [0, 0.1) is 13.8 Å². The molecule has 2 amide bonds. The van der Waals surface area contributed by atoms with Crippen LogP contribution in [0.25, 0.3) is 6.08 Å². The van der Waals surface area contributed by atoms with Crippen LogP contribution in [0.5, 0.6) is 11.5 Å². The normalized spacial score (nSPS) is 16.3. The second kappa shape index (κ2) is 9.11. The van der Waals surface area contributed by atoms with Gasteiger partial charge in [0.05, 0.1) is 4.91 Å². The van der Waals surface area contributed by atoms with Crippen molar-refractivity contribution in [1.82, 2.24) is 4.90 Å². The summed E-state index contributed by atoms with van der Waals surface area (Å²) in [5.41, 5.74) is 3.84. The summed E-state index contributed by atoms with van der Waals surface area (Å²) in [6.07, 6.45) is 2.64. The Hall–Kier alpha value is -2.84. The summed E-state index contributed by atoms with van der Waals surface area (Å²) in [5.74, 6) is 1.15. The number of aryl methyl sites for hydroxylation is 2. The van der Waals surface area contributed by atoms with Gasteiger partial charge in [-0.1, -0.05) is 47.7 Å². The fourth-order valence-electron chi connectivity index (χ4n) is 3.41. The Morgan fingerprint density at radius 1 is 1.19 bits per heavy atom. The standard InChI is InChI=1S/C23H22N2O4S2/c1-14-5-7-17(15(2)10-14)24-21(26)4-3-9-25-22(27)20(31-23(25)30)12-16-6-8-18-19(11-16)29-13-28-18/h5-8,10-12H,3-4,9,13H2,1-2H3,(H,24,26)/b20-12+. The predicted molar refractivity (Wildman–Crippen MR) is 126 cm³/mol. The van der Waals surface area contributed by atoms with Crippen molar-refractivity contribution in [3.05, 3.63) is 58.0 Å².